The minimum atomic E-state index is -2.45. The van der Waals surface area contributed by atoms with Gasteiger partial charge in [-0.3, -0.25) is 4.79 Å². The molecule has 3 N–H and O–H groups in total. The highest BCUT2D eigenvalue weighted by molar-refractivity contribution is 6.07. The van der Waals surface area contributed by atoms with Crippen molar-refractivity contribution in [3.63, 3.8) is 0 Å². The van der Waals surface area contributed by atoms with Crippen molar-refractivity contribution in [1.82, 2.24) is 5.32 Å². The fourth-order valence-corrected chi connectivity index (χ4v) is 0.958. The second-order valence-electron chi connectivity index (χ2n) is 2.30. The van der Waals surface area contributed by atoms with Gasteiger partial charge in [-0.05, 0) is 0 Å². The molecule has 1 atom stereocenters. The number of alkyl halides is 1. The smallest absolute Gasteiger partial charge is 0.353 e. The monoisotopic (exact) mass is 179 g/mol. The van der Waals surface area contributed by atoms with Crippen LogP contribution in [0.5, 0.6) is 0 Å². The summed E-state index contributed by atoms with van der Waals surface area (Å²) in [6, 6.07) is 0. The standard InChI is InChI=1S/C6H8FNO3.H2O/c1-11-5(10)6(7)2-3-8-4(6)9;/h2-3H2,1H3,(H,8,9);1H2/t6-;/m0./s1. The van der Waals surface area contributed by atoms with E-state index in [1.807, 2.05) is 0 Å². The van der Waals surface area contributed by atoms with Gasteiger partial charge in [0.25, 0.3) is 11.6 Å². The van der Waals surface area contributed by atoms with Crippen LogP contribution < -0.4 is 5.32 Å². The molecule has 0 saturated carbocycles. The van der Waals surface area contributed by atoms with Crippen LogP contribution in [0.25, 0.3) is 0 Å². The van der Waals surface area contributed by atoms with Crippen LogP contribution >= 0.6 is 0 Å². The van der Waals surface area contributed by atoms with E-state index in [-0.39, 0.29) is 18.4 Å². The number of amides is 1. The molecular weight excluding hydrogens is 169 g/mol. The summed E-state index contributed by atoms with van der Waals surface area (Å²) in [5, 5.41) is 2.21. The van der Waals surface area contributed by atoms with Crippen LogP contribution in [0, 0.1) is 0 Å². The van der Waals surface area contributed by atoms with E-state index < -0.39 is 17.5 Å². The summed E-state index contributed by atoms with van der Waals surface area (Å²) in [5.41, 5.74) is -2.45. The van der Waals surface area contributed by atoms with E-state index in [4.69, 9.17) is 0 Å². The quantitative estimate of drug-likeness (QED) is 0.395. The third kappa shape index (κ3) is 1.38. The zero-order chi connectivity index (χ0) is 8.48. The molecule has 1 amide bonds. The number of carbonyl (C=O) groups excluding carboxylic acids is 2. The lowest BCUT2D eigenvalue weighted by Gasteiger charge is -2.11. The number of nitrogens with one attached hydrogen (secondary N) is 1. The van der Waals surface area contributed by atoms with Crippen molar-refractivity contribution in [2.45, 2.75) is 12.1 Å². The molecule has 1 aliphatic heterocycles. The lowest BCUT2D eigenvalue weighted by atomic mass is 10.1. The van der Waals surface area contributed by atoms with E-state index >= 15 is 0 Å². The van der Waals surface area contributed by atoms with E-state index in [2.05, 4.69) is 10.1 Å². The Hall–Kier alpha value is -1.17. The minimum Gasteiger partial charge on any atom is -0.466 e. The summed E-state index contributed by atoms with van der Waals surface area (Å²) in [6.45, 7) is 0.185. The summed E-state index contributed by atoms with van der Waals surface area (Å²) in [5.74, 6) is -2.02. The van der Waals surface area contributed by atoms with Crippen molar-refractivity contribution in [3.05, 3.63) is 0 Å². The number of hydrogen-bond donors (Lipinski definition) is 1. The van der Waals surface area contributed by atoms with Crippen LogP contribution in [0.3, 0.4) is 0 Å². The number of rotatable bonds is 1. The molecule has 0 bridgehead atoms. The Labute approximate surface area is 68.2 Å². The Bertz CT molecular complexity index is 208. The molecule has 0 aliphatic carbocycles. The zero-order valence-electron chi connectivity index (χ0n) is 6.52. The minimum absolute atomic E-state index is 0. The molecule has 0 spiro atoms. The van der Waals surface area contributed by atoms with Crippen LogP contribution in [-0.2, 0) is 14.3 Å². The Morgan fingerprint density at radius 1 is 1.75 bits per heavy atom. The third-order valence-electron chi connectivity index (χ3n) is 1.62. The van der Waals surface area contributed by atoms with Crippen molar-refractivity contribution in [1.29, 1.82) is 0 Å². The van der Waals surface area contributed by atoms with E-state index in [0.29, 0.717) is 0 Å². The Morgan fingerprint density at radius 3 is 2.67 bits per heavy atom. The van der Waals surface area contributed by atoms with Crippen molar-refractivity contribution in [3.8, 4) is 0 Å². The van der Waals surface area contributed by atoms with Crippen molar-refractivity contribution in [2.75, 3.05) is 13.7 Å². The van der Waals surface area contributed by atoms with Gasteiger partial charge in [-0.2, -0.15) is 0 Å². The molecule has 5 nitrogen and oxygen atoms in total. The van der Waals surface area contributed by atoms with E-state index in [9.17, 15) is 14.0 Å². The molecule has 1 aliphatic rings. The molecule has 1 fully saturated rings. The molecule has 1 heterocycles. The predicted molar refractivity (Wildman–Crippen MR) is 37.1 cm³/mol. The first-order chi connectivity index (χ1) is 5.11. The normalized spacial score (nSPS) is 27.3. The molecule has 12 heavy (non-hydrogen) atoms. The Balaban J connectivity index is 0.00000121. The number of halogens is 1. The first kappa shape index (κ1) is 10.8. The molecule has 0 aromatic rings. The lowest BCUT2D eigenvalue weighted by molar-refractivity contribution is -0.158. The van der Waals surface area contributed by atoms with Crippen molar-refractivity contribution < 1.29 is 24.2 Å². The molecular formula is C6H10FNO4. The summed E-state index contributed by atoms with van der Waals surface area (Å²) in [7, 11) is 1.05. The third-order valence-corrected chi connectivity index (χ3v) is 1.62. The average Bonchev–Trinajstić information content (AvgIpc) is 2.32. The highest BCUT2D eigenvalue weighted by Gasteiger charge is 2.51. The summed E-state index contributed by atoms with van der Waals surface area (Å²) >= 11 is 0. The molecule has 1 saturated heterocycles. The van der Waals surface area contributed by atoms with Gasteiger partial charge in [0.05, 0.1) is 7.11 Å². The van der Waals surface area contributed by atoms with Gasteiger partial charge in [-0.25, -0.2) is 9.18 Å². The fourth-order valence-electron chi connectivity index (χ4n) is 0.958. The predicted octanol–water partition coefficient (Wildman–Crippen LogP) is -1.44. The van der Waals surface area contributed by atoms with Crippen molar-refractivity contribution >= 4 is 11.9 Å². The SMILES string of the molecule is COC(=O)[C@]1(F)CCNC1=O.O. The number of ether oxygens (including phenoxy) is 1. The van der Waals surface area contributed by atoms with Crippen LogP contribution in [-0.4, -0.2) is 36.7 Å². The lowest BCUT2D eigenvalue weighted by Crippen LogP contribution is -2.42. The van der Waals surface area contributed by atoms with Gasteiger partial charge < -0.3 is 15.5 Å². The van der Waals surface area contributed by atoms with Gasteiger partial charge >= 0.3 is 5.97 Å². The van der Waals surface area contributed by atoms with Gasteiger partial charge in [0.15, 0.2) is 0 Å². The number of esters is 1. The summed E-state index contributed by atoms with van der Waals surface area (Å²) in [4.78, 5) is 21.4. The highest BCUT2D eigenvalue weighted by Crippen LogP contribution is 2.22. The number of methoxy groups -OCH3 is 1. The highest BCUT2D eigenvalue weighted by atomic mass is 19.1. The number of carbonyl (C=O) groups is 2. The van der Waals surface area contributed by atoms with Crippen LogP contribution in [0.2, 0.25) is 0 Å². The van der Waals surface area contributed by atoms with Gasteiger partial charge in [0, 0.05) is 13.0 Å². The zero-order valence-corrected chi connectivity index (χ0v) is 6.52. The maximum absolute atomic E-state index is 13.2. The molecule has 0 aromatic carbocycles. The summed E-state index contributed by atoms with van der Waals surface area (Å²) < 4.78 is 17.3. The van der Waals surface area contributed by atoms with E-state index in [1.165, 1.54) is 0 Å². The first-order valence-electron chi connectivity index (χ1n) is 3.17. The number of hydrogen-bond acceptors (Lipinski definition) is 3. The largest absolute Gasteiger partial charge is 0.466 e. The fraction of sp³-hybridized carbons (Fsp3) is 0.667. The van der Waals surface area contributed by atoms with Gasteiger partial charge in [0.1, 0.15) is 0 Å². The molecule has 6 heteroatoms. The molecule has 1 rings (SSSR count). The second-order valence-corrected chi connectivity index (χ2v) is 2.30. The Morgan fingerprint density at radius 2 is 2.33 bits per heavy atom. The van der Waals surface area contributed by atoms with Gasteiger partial charge in [-0.1, -0.05) is 0 Å². The first-order valence-corrected chi connectivity index (χ1v) is 3.17. The second kappa shape index (κ2) is 3.48. The molecule has 0 aromatic heterocycles. The van der Waals surface area contributed by atoms with Crippen LogP contribution in [0.15, 0.2) is 0 Å². The topological polar surface area (TPSA) is 86.9 Å². The molecule has 70 valence electrons. The van der Waals surface area contributed by atoms with E-state index in [1.54, 1.807) is 0 Å². The van der Waals surface area contributed by atoms with Gasteiger partial charge in [-0.15, -0.1) is 0 Å². The Kier molecular flexibility index (Phi) is 3.15. The molecule has 0 radical (unpaired) electrons. The van der Waals surface area contributed by atoms with Crippen LogP contribution in [0.1, 0.15) is 6.42 Å². The average molecular weight is 179 g/mol. The van der Waals surface area contributed by atoms with E-state index in [0.717, 1.165) is 7.11 Å². The van der Waals surface area contributed by atoms with Crippen LogP contribution in [0.4, 0.5) is 4.39 Å². The maximum atomic E-state index is 13.2. The van der Waals surface area contributed by atoms with Gasteiger partial charge in [0.2, 0.25) is 0 Å². The summed E-state index contributed by atoms with van der Waals surface area (Å²) in [6.07, 6.45) is -0.140. The molecule has 0 unspecified atom stereocenters. The van der Waals surface area contributed by atoms with Crippen molar-refractivity contribution in [2.24, 2.45) is 0 Å². The maximum Gasteiger partial charge on any atom is 0.353 e.